The second kappa shape index (κ2) is 9.56. The third kappa shape index (κ3) is 5.19. The van der Waals surface area contributed by atoms with E-state index in [2.05, 4.69) is 52.0 Å². The third-order valence-corrected chi connectivity index (χ3v) is 5.93. The molecule has 0 radical (unpaired) electrons. The number of piperidine rings is 2. The molecule has 140 valence electrons. The Hall–Kier alpha value is -1.10. The molecule has 0 aromatic heterocycles. The molecule has 2 aliphatic heterocycles. The highest BCUT2D eigenvalue weighted by Crippen LogP contribution is 2.33. The molecule has 3 atom stereocenters. The summed E-state index contributed by atoms with van der Waals surface area (Å²) in [4.78, 5) is 2.70. The van der Waals surface area contributed by atoms with Crippen molar-refractivity contribution < 1.29 is 0 Å². The molecule has 2 saturated heterocycles. The summed E-state index contributed by atoms with van der Waals surface area (Å²) in [5.41, 5.74) is 2.80. The van der Waals surface area contributed by atoms with Crippen molar-refractivity contribution in [2.24, 2.45) is 5.92 Å². The fraction of sp³-hybridized carbons (Fsp3) is 0.714. The van der Waals surface area contributed by atoms with Crippen LogP contribution in [0.2, 0.25) is 0 Å². The first kappa shape index (κ1) is 18.7. The minimum atomic E-state index is 0.626. The fourth-order valence-corrected chi connectivity index (χ4v) is 4.65. The molecular weight excluding hydrogens is 308 g/mol. The first-order valence-electron chi connectivity index (χ1n) is 10.2. The van der Waals surface area contributed by atoms with Gasteiger partial charge in [-0.1, -0.05) is 25.1 Å². The molecule has 0 spiro atoms. The Bertz CT molecular complexity index is 518. The molecule has 3 rings (SSSR count). The molecule has 3 unspecified atom stereocenters. The minimum Gasteiger partial charge on any atom is -0.388 e. The highest BCUT2D eigenvalue weighted by atomic mass is 15.2. The van der Waals surface area contributed by atoms with E-state index in [0.29, 0.717) is 12.0 Å². The Balaban J connectivity index is 1.55. The molecule has 2 aliphatic rings. The van der Waals surface area contributed by atoms with E-state index in [0.717, 1.165) is 19.0 Å². The van der Waals surface area contributed by atoms with Gasteiger partial charge >= 0.3 is 0 Å². The molecule has 3 N–H and O–H groups in total. The zero-order valence-corrected chi connectivity index (χ0v) is 16.1. The van der Waals surface area contributed by atoms with E-state index >= 15 is 0 Å². The number of nitrogens with zero attached hydrogens (tertiary/aromatic N) is 1. The van der Waals surface area contributed by atoms with Crippen LogP contribution in [0.1, 0.15) is 44.1 Å². The molecule has 2 fully saturated rings. The van der Waals surface area contributed by atoms with Gasteiger partial charge in [-0.05, 0) is 75.3 Å². The summed E-state index contributed by atoms with van der Waals surface area (Å²) in [5.74, 6) is 1.51. The molecule has 1 aromatic carbocycles. The number of hydrogen-bond acceptors (Lipinski definition) is 4. The Labute approximate surface area is 153 Å². The second-order valence-electron chi connectivity index (χ2n) is 7.79. The van der Waals surface area contributed by atoms with E-state index in [4.69, 9.17) is 0 Å². The maximum atomic E-state index is 3.78. The van der Waals surface area contributed by atoms with Gasteiger partial charge in [-0.3, -0.25) is 0 Å². The van der Waals surface area contributed by atoms with Crippen molar-refractivity contribution in [2.75, 3.05) is 51.6 Å². The smallest absolute Gasteiger partial charge is 0.0372 e. The molecule has 1 aromatic rings. The topological polar surface area (TPSA) is 39.3 Å². The van der Waals surface area contributed by atoms with E-state index in [1.807, 2.05) is 7.05 Å². The van der Waals surface area contributed by atoms with E-state index in [-0.39, 0.29) is 0 Å². The predicted molar refractivity (Wildman–Crippen MR) is 107 cm³/mol. The highest BCUT2D eigenvalue weighted by molar-refractivity contribution is 5.52. The van der Waals surface area contributed by atoms with Gasteiger partial charge in [-0.25, -0.2) is 0 Å². The summed E-state index contributed by atoms with van der Waals surface area (Å²) in [6.07, 6.45) is 5.25. The van der Waals surface area contributed by atoms with Crippen LogP contribution in [0, 0.1) is 5.92 Å². The minimum absolute atomic E-state index is 0.626. The molecule has 4 heteroatoms. The standard InChI is InChI=1S/C21H36N4/c1-3-23-14-17-7-6-12-25(15-17)16-19-13-18(10-11-24-19)20-8-4-5-9-21(20)22-2/h4-5,8-9,17-19,22-24H,3,6-7,10-16H2,1-2H3. The van der Waals surface area contributed by atoms with Gasteiger partial charge in [0, 0.05) is 31.9 Å². The Morgan fingerprint density at radius 2 is 2.12 bits per heavy atom. The van der Waals surface area contributed by atoms with Gasteiger partial charge in [-0.2, -0.15) is 0 Å². The number of nitrogens with one attached hydrogen (secondary N) is 3. The lowest BCUT2D eigenvalue weighted by Gasteiger charge is -2.38. The van der Waals surface area contributed by atoms with Crippen LogP contribution in [0.4, 0.5) is 5.69 Å². The number of likely N-dealkylation sites (tertiary alicyclic amines) is 1. The average Bonchev–Trinajstić information content (AvgIpc) is 2.67. The molecule has 0 aliphatic carbocycles. The molecule has 2 heterocycles. The lowest BCUT2D eigenvalue weighted by atomic mass is 9.85. The van der Waals surface area contributed by atoms with Crippen LogP contribution in [0.3, 0.4) is 0 Å². The van der Waals surface area contributed by atoms with Crippen LogP contribution in [0.25, 0.3) is 0 Å². The van der Waals surface area contributed by atoms with Crippen LogP contribution in [-0.2, 0) is 0 Å². The average molecular weight is 345 g/mol. The number of hydrogen-bond donors (Lipinski definition) is 3. The first-order valence-corrected chi connectivity index (χ1v) is 10.2. The summed E-state index contributed by atoms with van der Waals surface area (Å²) < 4.78 is 0. The number of benzene rings is 1. The number of anilines is 1. The molecule has 0 bridgehead atoms. The Morgan fingerprint density at radius 3 is 2.96 bits per heavy atom. The summed E-state index contributed by atoms with van der Waals surface area (Å²) >= 11 is 0. The zero-order valence-electron chi connectivity index (χ0n) is 16.1. The van der Waals surface area contributed by atoms with Crippen molar-refractivity contribution in [3.05, 3.63) is 29.8 Å². The van der Waals surface area contributed by atoms with Crippen molar-refractivity contribution in [3.8, 4) is 0 Å². The molecule has 0 saturated carbocycles. The summed E-state index contributed by atoms with van der Waals surface area (Å²) in [6, 6.07) is 9.46. The summed E-state index contributed by atoms with van der Waals surface area (Å²) in [6.45, 7) is 9.37. The lowest BCUT2D eigenvalue weighted by molar-refractivity contribution is 0.147. The molecule has 25 heavy (non-hydrogen) atoms. The van der Waals surface area contributed by atoms with Crippen molar-refractivity contribution in [3.63, 3.8) is 0 Å². The van der Waals surface area contributed by atoms with Gasteiger partial charge < -0.3 is 20.9 Å². The highest BCUT2D eigenvalue weighted by Gasteiger charge is 2.27. The van der Waals surface area contributed by atoms with Gasteiger partial charge in [-0.15, -0.1) is 0 Å². The maximum absolute atomic E-state index is 3.78. The van der Waals surface area contributed by atoms with E-state index < -0.39 is 0 Å². The van der Waals surface area contributed by atoms with E-state index in [1.165, 1.54) is 63.1 Å². The first-order chi connectivity index (χ1) is 12.3. The Kier molecular flexibility index (Phi) is 7.14. The predicted octanol–water partition coefficient (Wildman–Crippen LogP) is 2.89. The fourth-order valence-electron chi connectivity index (χ4n) is 4.65. The van der Waals surface area contributed by atoms with Crippen molar-refractivity contribution in [1.29, 1.82) is 0 Å². The largest absolute Gasteiger partial charge is 0.388 e. The van der Waals surface area contributed by atoms with Crippen molar-refractivity contribution in [2.45, 2.75) is 44.6 Å². The monoisotopic (exact) mass is 344 g/mol. The second-order valence-corrected chi connectivity index (χ2v) is 7.79. The maximum Gasteiger partial charge on any atom is 0.0372 e. The SMILES string of the molecule is CCNCC1CCCN(CC2CC(c3ccccc3NC)CCN2)C1. The van der Waals surface area contributed by atoms with Crippen molar-refractivity contribution in [1.82, 2.24) is 15.5 Å². The van der Waals surface area contributed by atoms with Crippen LogP contribution in [0.5, 0.6) is 0 Å². The summed E-state index contributed by atoms with van der Waals surface area (Å²) in [7, 11) is 2.04. The number of para-hydroxylation sites is 1. The van der Waals surface area contributed by atoms with Gasteiger partial charge in [0.2, 0.25) is 0 Å². The zero-order chi connectivity index (χ0) is 17.5. The number of rotatable bonds is 7. The van der Waals surface area contributed by atoms with Gasteiger partial charge in [0.05, 0.1) is 0 Å². The van der Waals surface area contributed by atoms with Gasteiger partial charge in [0.15, 0.2) is 0 Å². The van der Waals surface area contributed by atoms with Crippen LogP contribution < -0.4 is 16.0 Å². The molecule has 4 nitrogen and oxygen atoms in total. The normalized spacial score (nSPS) is 28.0. The van der Waals surface area contributed by atoms with Crippen LogP contribution in [-0.4, -0.2) is 57.3 Å². The van der Waals surface area contributed by atoms with Gasteiger partial charge in [0.1, 0.15) is 0 Å². The van der Waals surface area contributed by atoms with Crippen LogP contribution in [0.15, 0.2) is 24.3 Å². The van der Waals surface area contributed by atoms with Gasteiger partial charge in [0.25, 0.3) is 0 Å². The van der Waals surface area contributed by atoms with Crippen molar-refractivity contribution >= 4 is 5.69 Å². The van der Waals surface area contributed by atoms with E-state index in [1.54, 1.807) is 0 Å². The molecule has 0 amide bonds. The summed E-state index contributed by atoms with van der Waals surface area (Å²) in [5, 5.41) is 10.7. The molecular formula is C21H36N4. The quantitative estimate of drug-likeness (QED) is 0.711. The van der Waals surface area contributed by atoms with Crippen LogP contribution >= 0.6 is 0 Å². The third-order valence-electron chi connectivity index (χ3n) is 5.93. The van der Waals surface area contributed by atoms with E-state index in [9.17, 15) is 0 Å². The Morgan fingerprint density at radius 1 is 1.24 bits per heavy atom. The lowest BCUT2D eigenvalue weighted by Crippen LogP contribution is -2.49.